The summed E-state index contributed by atoms with van der Waals surface area (Å²) in [7, 11) is 0. The molecule has 1 aliphatic carbocycles. The van der Waals surface area contributed by atoms with E-state index in [2.05, 4.69) is 11.4 Å². The van der Waals surface area contributed by atoms with Crippen molar-refractivity contribution in [2.75, 3.05) is 13.1 Å². The van der Waals surface area contributed by atoms with Crippen molar-refractivity contribution in [3.8, 4) is 0 Å². The molecule has 1 aliphatic heterocycles. The summed E-state index contributed by atoms with van der Waals surface area (Å²) >= 11 is 0. The van der Waals surface area contributed by atoms with E-state index in [0.717, 1.165) is 31.0 Å². The van der Waals surface area contributed by atoms with Gasteiger partial charge in [-0.1, -0.05) is 6.07 Å². The average molecular weight is 205 g/mol. The molecule has 15 heavy (non-hydrogen) atoms. The third-order valence-corrected chi connectivity index (χ3v) is 3.81. The number of halogens is 1. The molecule has 2 aliphatic rings. The molecule has 1 heterocycles. The quantitative estimate of drug-likeness (QED) is 0.685. The van der Waals surface area contributed by atoms with Crippen LogP contribution in [0.4, 0.5) is 4.39 Å². The second-order valence-electron chi connectivity index (χ2n) is 4.96. The van der Waals surface area contributed by atoms with Gasteiger partial charge in [0.2, 0.25) is 0 Å². The lowest BCUT2D eigenvalue weighted by Gasteiger charge is -2.37. The molecule has 1 aromatic rings. The van der Waals surface area contributed by atoms with Gasteiger partial charge >= 0.3 is 0 Å². The van der Waals surface area contributed by atoms with Gasteiger partial charge in [0.1, 0.15) is 5.82 Å². The molecule has 0 aromatic heterocycles. The summed E-state index contributed by atoms with van der Waals surface area (Å²) in [6.45, 7) is 4.03. The van der Waals surface area contributed by atoms with Gasteiger partial charge < -0.3 is 5.32 Å². The Morgan fingerprint density at radius 1 is 1.33 bits per heavy atom. The molecule has 2 unspecified atom stereocenters. The Kier molecular flexibility index (Phi) is 2.06. The fourth-order valence-electron chi connectivity index (χ4n) is 3.04. The number of piperidine rings is 1. The van der Waals surface area contributed by atoms with Crippen molar-refractivity contribution in [1.29, 1.82) is 0 Å². The smallest absolute Gasteiger partial charge is 0.126 e. The van der Waals surface area contributed by atoms with Crippen molar-refractivity contribution < 1.29 is 4.39 Å². The van der Waals surface area contributed by atoms with Gasteiger partial charge in [0.25, 0.3) is 0 Å². The van der Waals surface area contributed by atoms with Crippen LogP contribution in [0.1, 0.15) is 29.0 Å². The van der Waals surface area contributed by atoms with Gasteiger partial charge in [-0.2, -0.15) is 0 Å². The monoisotopic (exact) mass is 205 g/mol. The van der Waals surface area contributed by atoms with Gasteiger partial charge in [0.05, 0.1) is 0 Å². The Labute approximate surface area is 89.7 Å². The van der Waals surface area contributed by atoms with Crippen molar-refractivity contribution >= 4 is 0 Å². The lowest BCUT2D eigenvalue weighted by Crippen LogP contribution is -2.39. The number of fused-ring (bicyclic) bond motifs is 4. The number of nitrogens with one attached hydrogen (secondary N) is 1. The molecule has 1 saturated heterocycles. The van der Waals surface area contributed by atoms with Crippen molar-refractivity contribution in [3.63, 3.8) is 0 Å². The van der Waals surface area contributed by atoms with Gasteiger partial charge in [-0.25, -0.2) is 4.39 Å². The van der Waals surface area contributed by atoms with E-state index in [1.807, 2.05) is 6.92 Å². The Bertz CT molecular complexity index is 400. The molecule has 2 bridgehead atoms. The lowest BCUT2D eigenvalue weighted by atomic mass is 9.74. The molecule has 2 heteroatoms. The van der Waals surface area contributed by atoms with E-state index in [-0.39, 0.29) is 5.82 Å². The van der Waals surface area contributed by atoms with Gasteiger partial charge in [0, 0.05) is 6.54 Å². The van der Waals surface area contributed by atoms with Crippen LogP contribution in [0, 0.1) is 18.7 Å². The summed E-state index contributed by atoms with van der Waals surface area (Å²) in [5.41, 5.74) is 3.43. The van der Waals surface area contributed by atoms with Crippen LogP contribution < -0.4 is 5.32 Å². The van der Waals surface area contributed by atoms with Crippen molar-refractivity contribution in [3.05, 3.63) is 34.6 Å². The molecule has 2 atom stereocenters. The highest BCUT2D eigenvalue weighted by atomic mass is 19.1. The molecule has 1 N–H and O–H groups in total. The number of hydrogen-bond donors (Lipinski definition) is 1. The SMILES string of the molecule is Cc1cc2c(cc1F)CC1CNCC2C1. The van der Waals surface area contributed by atoms with Crippen LogP contribution in [-0.2, 0) is 6.42 Å². The molecule has 1 fully saturated rings. The lowest BCUT2D eigenvalue weighted by molar-refractivity contribution is 0.317. The van der Waals surface area contributed by atoms with E-state index in [9.17, 15) is 4.39 Å². The number of benzene rings is 1. The van der Waals surface area contributed by atoms with Crippen LogP contribution in [-0.4, -0.2) is 13.1 Å². The van der Waals surface area contributed by atoms with E-state index >= 15 is 0 Å². The summed E-state index contributed by atoms with van der Waals surface area (Å²) < 4.78 is 13.5. The summed E-state index contributed by atoms with van der Waals surface area (Å²) in [6, 6.07) is 3.81. The van der Waals surface area contributed by atoms with E-state index in [4.69, 9.17) is 0 Å². The van der Waals surface area contributed by atoms with Crippen LogP contribution in [0.3, 0.4) is 0 Å². The number of hydrogen-bond acceptors (Lipinski definition) is 1. The summed E-state index contributed by atoms with van der Waals surface area (Å²) in [5.74, 6) is 1.30. The number of aryl methyl sites for hydroxylation is 1. The minimum Gasteiger partial charge on any atom is -0.316 e. The maximum atomic E-state index is 13.5. The third kappa shape index (κ3) is 1.48. The highest BCUT2D eigenvalue weighted by molar-refractivity contribution is 5.38. The van der Waals surface area contributed by atoms with Gasteiger partial charge in [-0.05, 0) is 60.9 Å². The fourth-order valence-corrected chi connectivity index (χ4v) is 3.04. The largest absolute Gasteiger partial charge is 0.316 e. The molecule has 1 nitrogen and oxygen atoms in total. The molecule has 3 rings (SSSR count). The molecular formula is C13H16FN. The van der Waals surface area contributed by atoms with E-state index in [1.54, 1.807) is 6.07 Å². The highest BCUT2D eigenvalue weighted by Gasteiger charge is 2.30. The fraction of sp³-hybridized carbons (Fsp3) is 0.538. The molecule has 0 spiro atoms. The first-order valence-corrected chi connectivity index (χ1v) is 5.73. The standard InChI is InChI=1S/C13H16FN/c1-8-2-12-10(5-13(8)14)3-9-4-11(12)7-15-6-9/h2,5,9,11,15H,3-4,6-7H2,1H3. The molecule has 80 valence electrons. The molecule has 1 aromatic carbocycles. The van der Waals surface area contributed by atoms with E-state index in [1.165, 1.54) is 17.5 Å². The molecule has 0 radical (unpaired) electrons. The number of rotatable bonds is 0. The van der Waals surface area contributed by atoms with E-state index < -0.39 is 0 Å². The first-order valence-electron chi connectivity index (χ1n) is 5.73. The molecular weight excluding hydrogens is 189 g/mol. The van der Waals surface area contributed by atoms with Crippen molar-refractivity contribution in [1.82, 2.24) is 5.32 Å². The Morgan fingerprint density at radius 3 is 3.07 bits per heavy atom. The second-order valence-corrected chi connectivity index (χ2v) is 4.96. The molecule has 0 saturated carbocycles. The minimum atomic E-state index is -0.0401. The average Bonchev–Trinajstić information content (AvgIpc) is 2.22. The molecule has 0 amide bonds. The third-order valence-electron chi connectivity index (χ3n) is 3.81. The van der Waals surface area contributed by atoms with Crippen LogP contribution in [0.2, 0.25) is 0 Å². The van der Waals surface area contributed by atoms with Crippen LogP contribution in [0.15, 0.2) is 12.1 Å². The van der Waals surface area contributed by atoms with E-state index in [0.29, 0.717) is 5.92 Å². The minimum absolute atomic E-state index is 0.0401. The second kappa shape index (κ2) is 3.31. The van der Waals surface area contributed by atoms with Crippen LogP contribution in [0.25, 0.3) is 0 Å². The van der Waals surface area contributed by atoms with Crippen LogP contribution in [0.5, 0.6) is 0 Å². The first-order chi connectivity index (χ1) is 7.24. The first kappa shape index (κ1) is 9.34. The zero-order valence-electron chi connectivity index (χ0n) is 9.02. The predicted octanol–water partition coefficient (Wildman–Crippen LogP) is 2.38. The Hall–Kier alpha value is -0.890. The topological polar surface area (TPSA) is 12.0 Å². The highest BCUT2D eigenvalue weighted by Crippen LogP contribution is 2.37. The zero-order valence-corrected chi connectivity index (χ0v) is 9.02. The van der Waals surface area contributed by atoms with Gasteiger partial charge in [0.15, 0.2) is 0 Å². The van der Waals surface area contributed by atoms with Gasteiger partial charge in [-0.3, -0.25) is 0 Å². The normalized spacial score (nSPS) is 28.7. The maximum absolute atomic E-state index is 13.5. The van der Waals surface area contributed by atoms with Crippen LogP contribution >= 0.6 is 0 Å². The Morgan fingerprint density at radius 2 is 2.20 bits per heavy atom. The summed E-state index contributed by atoms with van der Waals surface area (Å²) in [5, 5.41) is 3.47. The summed E-state index contributed by atoms with van der Waals surface area (Å²) in [6.07, 6.45) is 2.33. The predicted molar refractivity (Wildman–Crippen MR) is 58.6 cm³/mol. The summed E-state index contributed by atoms with van der Waals surface area (Å²) in [4.78, 5) is 0. The van der Waals surface area contributed by atoms with Gasteiger partial charge in [-0.15, -0.1) is 0 Å². The maximum Gasteiger partial charge on any atom is 0.126 e. The zero-order chi connectivity index (χ0) is 10.4. The van der Waals surface area contributed by atoms with Crippen molar-refractivity contribution in [2.24, 2.45) is 5.92 Å². The van der Waals surface area contributed by atoms with Crippen molar-refractivity contribution in [2.45, 2.75) is 25.7 Å². The Balaban J connectivity index is 2.09.